The van der Waals surface area contributed by atoms with Crippen molar-refractivity contribution in [1.29, 1.82) is 0 Å². The lowest BCUT2D eigenvalue weighted by molar-refractivity contribution is -0.116. The third-order valence-electron chi connectivity index (χ3n) is 3.49. The number of carbonyl (C=O) groups excluding carboxylic acids is 1. The summed E-state index contributed by atoms with van der Waals surface area (Å²) in [6.45, 7) is 2.11. The van der Waals surface area contributed by atoms with Crippen molar-refractivity contribution in [2.75, 3.05) is 10.6 Å². The van der Waals surface area contributed by atoms with E-state index in [1.54, 1.807) is 0 Å². The van der Waals surface area contributed by atoms with Crippen LogP contribution in [0.15, 0.2) is 30.3 Å². The fourth-order valence-electron chi connectivity index (χ4n) is 2.49. The minimum absolute atomic E-state index is 0.0456. The number of rotatable bonds is 4. The fraction of sp³-hybridized carbons (Fsp3) is 0.333. The first-order chi connectivity index (χ1) is 9.76. The van der Waals surface area contributed by atoms with E-state index in [-0.39, 0.29) is 11.9 Å². The Bertz CT molecular complexity index is 595. The summed E-state index contributed by atoms with van der Waals surface area (Å²) in [5, 5.41) is 13.1. The summed E-state index contributed by atoms with van der Waals surface area (Å²) < 4.78 is 0. The lowest BCUT2D eigenvalue weighted by atomic mass is 10.1. The maximum Gasteiger partial charge on any atom is 0.248 e. The quantitative estimate of drug-likeness (QED) is 0.798. The van der Waals surface area contributed by atoms with Crippen LogP contribution < -0.4 is 10.6 Å². The molecule has 0 radical (unpaired) electrons. The maximum absolute atomic E-state index is 12.2. The molecule has 104 valence electrons. The van der Waals surface area contributed by atoms with E-state index in [1.807, 2.05) is 30.3 Å². The number of anilines is 2. The molecule has 3 rings (SSSR count). The van der Waals surface area contributed by atoms with Crippen LogP contribution in [-0.4, -0.2) is 22.1 Å². The van der Waals surface area contributed by atoms with Crippen LogP contribution in [0.25, 0.3) is 0 Å². The molecule has 1 aliphatic rings. The molecule has 0 aliphatic carbocycles. The van der Waals surface area contributed by atoms with Gasteiger partial charge in [0.15, 0.2) is 5.82 Å². The molecule has 5 nitrogen and oxygen atoms in total. The average Bonchev–Trinajstić information content (AvgIpc) is 3.05. The van der Waals surface area contributed by atoms with Crippen LogP contribution in [0.3, 0.4) is 0 Å². The van der Waals surface area contributed by atoms with Crippen LogP contribution in [0, 0.1) is 0 Å². The maximum atomic E-state index is 12.2. The number of nitrogens with one attached hydrogen (secondary N) is 3. The zero-order valence-electron chi connectivity index (χ0n) is 11.4. The third-order valence-corrected chi connectivity index (χ3v) is 3.49. The lowest BCUT2D eigenvalue weighted by Gasteiger charge is -2.09. The van der Waals surface area contributed by atoms with Gasteiger partial charge in [0, 0.05) is 23.9 Å². The Morgan fingerprint density at radius 3 is 3.10 bits per heavy atom. The molecule has 5 heteroatoms. The molecule has 0 spiro atoms. The second-order valence-corrected chi connectivity index (χ2v) is 5.08. The van der Waals surface area contributed by atoms with E-state index in [2.05, 4.69) is 27.8 Å². The van der Waals surface area contributed by atoms with Gasteiger partial charge in [-0.2, -0.15) is 5.10 Å². The SMILES string of the molecule is CCCc1cc(NC(=O)C2Cc3ccccc3N2)n[nH]1. The van der Waals surface area contributed by atoms with E-state index in [0.29, 0.717) is 12.2 Å². The van der Waals surface area contributed by atoms with Gasteiger partial charge in [0.25, 0.3) is 0 Å². The van der Waals surface area contributed by atoms with Gasteiger partial charge in [-0.05, 0) is 18.1 Å². The Balaban J connectivity index is 1.63. The Labute approximate surface area is 117 Å². The Morgan fingerprint density at radius 1 is 1.45 bits per heavy atom. The highest BCUT2D eigenvalue weighted by molar-refractivity contribution is 5.97. The molecule has 1 unspecified atom stereocenters. The van der Waals surface area contributed by atoms with E-state index < -0.39 is 0 Å². The Morgan fingerprint density at radius 2 is 2.30 bits per heavy atom. The number of H-pyrrole nitrogens is 1. The van der Waals surface area contributed by atoms with E-state index in [1.165, 1.54) is 5.56 Å². The van der Waals surface area contributed by atoms with Gasteiger partial charge in [0.05, 0.1) is 0 Å². The van der Waals surface area contributed by atoms with Crippen molar-refractivity contribution in [2.45, 2.75) is 32.2 Å². The smallest absolute Gasteiger partial charge is 0.248 e. The van der Waals surface area contributed by atoms with Crippen molar-refractivity contribution in [3.05, 3.63) is 41.6 Å². The molecule has 1 aromatic carbocycles. The molecule has 2 heterocycles. The van der Waals surface area contributed by atoms with Crippen LogP contribution in [0.1, 0.15) is 24.6 Å². The molecule has 1 amide bonds. The first-order valence-electron chi connectivity index (χ1n) is 6.96. The van der Waals surface area contributed by atoms with Crippen molar-refractivity contribution < 1.29 is 4.79 Å². The summed E-state index contributed by atoms with van der Waals surface area (Å²) in [7, 11) is 0. The van der Waals surface area contributed by atoms with E-state index in [9.17, 15) is 4.79 Å². The number of aryl methyl sites for hydroxylation is 1. The molecular weight excluding hydrogens is 252 g/mol. The zero-order valence-corrected chi connectivity index (χ0v) is 11.4. The predicted molar refractivity (Wildman–Crippen MR) is 78.8 cm³/mol. The van der Waals surface area contributed by atoms with Gasteiger partial charge in [-0.25, -0.2) is 0 Å². The number of nitrogens with zero attached hydrogens (tertiary/aromatic N) is 1. The predicted octanol–water partition coefficient (Wildman–Crippen LogP) is 2.34. The van der Waals surface area contributed by atoms with E-state index in [0.717, 1.165) is 24.2 Å². The van der Waals surface area contributed by atoms with Gasteiger partial charge in [0.1, 0.15) is 6.04 Å². The number of hydrogen-bond donors (Lipinski definition) is 3. The summed E-state index contributed by atoms with van der Waals surface area (Å²) >= 11 is 0. The van der Waals surface area contributed by atoms with Gasteiger partial charge < -0.3 is 10.6 Å². The average molecular weight is 270 g/mol. The topological polar surface area (TPSA) is 69.8 Å². The summed E-state index contributed by atoms with van der Waals surface area (Å²) in [6, 6.07) is 9.67. The van der Waals surface area contributed by atoms with Crippen molar-refractivity contribution in [2.24, 2.45) is 0 Å². The largest absolute Gasteiger partial charge is 0.373 e. The van der Waals surface area contributed by atoms with Crippen LogP contribution in [-0.2, 0) is 17.6 Å². The Kier molecular flexibility index (Phi) is 3.41. The molecular formula is C15H18N4O. The zero-order chi connectivity index (χ0) is 13.9. The minimum atomic E-state index is -0.223. The van der Waals surface area contributed by atoms with Crippen LogP contribution >= 0.6 is 0 Å². The van der Waals surface area contributed by atoms with Crippen molar-refractivity contribution in [3.63, 3.8) is 0 Å². The molecule has 1 aliphatic heterocycles. The second-order valence-electron chi connectivity index (χ2n) is 5.08. The van der Waals surface area contributed by atoms with Gasteiger partial charge >= 0.3 is 0 Å². The Hall–Kier alpha value is -2.30. The lowest BCUT2D eigenvalue weighted by Crippen LogP contribution is -2.32. The van der Waals surface area contributed by atoms with Crippen LogP contribution in [0.2, 0.25) is 0 Å². The molecule has 20 heavy (non-hydrogen) atoms. The molecule has 2 aromatic rings. The van der Waals surface area contributed by atoms with E-state index >= 15 is 0 Å². The third kappa shape index (κ3) is 2.52. The summed E-state index contributed by atoms with van der Waals surface area (Å²) in [6.07, 6.45) is 2.71. The second kappa shape index (κ2) is 5.36. The fourth-order valence-corrected chi connectivity index (χ4v) is 2.49. The summed E-state index contributed by atoms with van der Waals surface area (Å²) in [4.78, 5) is 12.2. The molecule has 3 N–H and O–H groups in total. The van der Waals surface area contributed by atoms with Crippen molar-refractivity contribution >= 4 is 17.4 Å². The highest BCUT2D eigenvalue weighted by Gasteiger charge is 2.26. The number of hydrogen-bond acceptors (Lipinski definition) is 3. The number of fused-ring (bicyclic) bond motifs is 1. The molecule has 1 atom stereocenters. The number of para-hydroxylation sites is 1. The minimum Gasteiger partial charge on any atom is -0.373 e. The molecule has 0 saturated carbocycles. The standard InChI is InChI=1S/C15H18N4O/c1-2-5-11-9-14(19-18-11)17-15(20)13-8-10-6-3-4-7-12(10)16-13/h3-4,6-7,9,13,16H,2,5,8H2,1H3,(H2,17,18,19,20). The number of aromatic nitrogens is 2. The first kappa shape index (κ1) is 12.7. The van der Waals surface area contributed by atoms with Crippen molar-refractivity contribution in [1.82, 2.24) is 10.2 Å². The monoisotopic (exact) mass is 270 g/mol. The highest BCUT2D eigenvalue weighted by atomic mass is 16.2. The summed E-state index contributed by atoms with van der Waals surface area (Å²) in [5.74, 6) is 0.548. The van der Waals surface area contributed by atoms with Gasteiger partial charge in [-0.3, -0.25) is 9.89 Å². The van der Waals surface area contributed by atoms with Crippen LogP contribution in [0.5, 0.6) is 0 Å². The van der Waals surface area contributed by atoms with Gasteiger partial charge in [-0.15, -0.1) is 0 Å². The summed E-state index contributed by atoms with van der Waals surface area (Å²) in [5.41, 5.74) is 3.27. The first-order valence-corrected chi connectivity index (χ1v) is 6.96. The number of benzene rings is 1. The van der Waals surface area contributed by atoms with Crippen molar-refractivity contribution in [3.8, 4) is 0 Å². The van der Waals surface area contributed by atoms with Gasteiger partial charge in [0.2, 0.25) is 5.91 Å². The highest BCUT2D eigenvalue weighted by Crippen LogP contribution is 2.25. The molecule has 0 bridgehead atoms. The van der Waals surface area contributed by atoms with Crippen LogP contribution in [0.4, 0.5) is 11.5 Å². The van der Waals surface area contributed by atoms with Gasteiger partial charge in [-0.1, -0.05) is 31.5 Å². The number of amides is 1. The molecule has 1 aromatic heterocycles. The molecule has 0 fully saturated rings. The number of carbonyl (C=O) groups is 1. The normalized spacial score (nSPS) is 16.6. The van der Waals surface area contributed by atoms with E-state index in [4.69, 9.17) is 0 Å². The number of aromatic amines is 1. The molecule has 0 saturated heterocycles.